The van der Waals surface area contributed by atoms with Crippen LogP contribution < -0.4 is 10.6 Å². The topological polar surface area (TPSA) is 50.4 Å². The van der Waals surface area contributed by atoms with Gasteiger partial charge in [-0.3, -0.25) is 4.79 Å². The third kappa shape index (κ3) is 5.20. The number of carbonyl (C=O) groups is 1. The molecule has 1 amide bonds. The Labute approximate surface area is 137 Å². The summed E-state index contributed by atoms with van der Waals surface area (Å²) in [6.07, 6.45) is -0.598. The molecular formula is C19H24N2O2. The van der Waals surface area contributed by atoms with Gasteiger partial charge in [0.2, 0.25) is 0 Å². The first-order valence-corrected chi connectivity index (χ1v) is 8.01. The van der Waals surface area contributed by atoms with Crippen LogP contribution in [-0.2, 0) is 16.1 Å². The average molecular weight is 312 g/mol. The number of rotatable bonds is 8. The van der Waals surface area contributed by atoms with Crippen molar-refractivity contribution in [1.82, 2.24) is 5.32 Å². The highest BCUT2D eigenvalue weighted by atomic mass is 16.5. The lowest BCUT2D eigenvalue weighted by atomic mass is 10.1. The fraction of sp³-hybridized carbons (Fsp3) is 0.316. The van der Waals surface area contributed by atoms with Gasteiger partial charge in [-0.15, -0.1) is 0 Å². The Balaban J connectivity index is 2.09. The number of hydrogen-bond donors (Lipinski definition) is 2. The molecule has 4 heteroatoms. The van der Waals surface area contributed by atoms with E-state index in [1.54, 1.807) is 0 Å². The molecule has 0 aliphatic rings. The minimum atomic E-state index is -0.598. The maximum atomic E-state index is 12.6. The summed E-state index contributed by atoms with van der Waals surface area (Å²) in [6, 6.07) is 17.4. The van der Waals surface area contributed by atoms with Gasteiger partial charge in [-0.1, -0.05) is 49.4 Å². The van der Waals surface area contributed by atoms with Crippen molar-refractivity contribution < 1.29 is 9.53 Å². The Morgan fingerprint density at radius 2 is 1.87 bits per heavy atom. The highest BCUT2D eigenvalue weighted by molar-refractivity contribution is 5.94. The van der Waals surface area contributed by atoms with Gasteiger partial charge >= 0.3 is 0 Å². The van der Waals surface area contributed by atoms with Crippen LogP contribution in [0.2, 0.25) is 0 Å². The summed E-state index contributed by atoms with van der Waals surface area (Å²) in [4.78, 5) is 12.6. The van der Waals surface area contributed by atoms with Crippen molar-refractivity contribution >= 4 is 11.6 Å². The van der Waals surface area contributed by atoms with Gasteiger partial charge in [0.05, 0.1) is 0 Å². The second-order valence-electron chi connectivity index (χ2n) is 5.22. The lowest BCUT2D eigenvalue weighted by Gasteiger charge is -2.17. The minimum absolute atomic E-state index is 0.154. The molecule has 0 heterocycles. The summed E-state index contributed by atoms with van der Waals surface area (Å²) in [5.74, 6) is -0.154. The molecule has 0 saturated heterocycles. The van der Waals surface area contributed by atoms with Crippen molar-refractivity contribution in [3.8, 4) is 0 Å². The fourth-order valence-electron chi connectivity index (χ4n) is 2.35. The summed E-state index contributed by atoms with van der Waals surface area (Å²) < 4.78 is 5.63. The number of hydrogen-bond acceptors (Lipinski definition) is 3. The highest BCUT2D eigenvalue weighted by Gasteiger charge is 2.20. The van der Waals surface area contributed by atoms with E-state index in [9.17, 15) is 4.79 Å². The van der Waals surface area contributed by atoms with E-state index in [-0.39, 0.29) is 5.91 Å². The third-order valence-corrected chi connectivity index (χ3v) is 3.45. The summed E-state index contributed by atoms with van der Waals surface area (Å²) in [5.41, 5.74) is 2.78. The van der Waals surface area contributed by atoms with Crippen molar-refractivity contribution in [2.75, 3.05) is 18.5 Å². The summed E-state index contributed by atoms with van der Waals surface area (Å²) in [7, 11) is 0. The van der Waals surface area contributed by atoms with E-state index >= 15 is 0 Å². The molecule has 23 heavy (non-hydrogen) atoms. The van der Waals surface area contributed by atoms with Crippen LogP contribution >= 0.6 is 0 Å². The van der Waals surface area contributed by atoms with E-state index in [4.69, 9.17) is 4.74 Å². The van der Waals surface area contributed by atoms with Gasteiger partial charge < -0.3 is 15.4 Å². The standard InChI is InChI=1S/C19H24N2O2/c1-3-20-14-15-9-8-12-17(13-15)21-19(22)18(23-4-2)16-10-6-5-7-11-16/h5-13,18,20H,3-4,14H2,1-2H3,(H,21,22). The predicted molar refractivity (Wildman–Crippen MR) is 93.3 cm³/mol. The molecule has 2 N–H and O–H groups in total. The van der Waals surface area contributed by atoms with E-state index < -0.39 is 6.10 Å². The first-order chi connectivity index (χ1) is 11.2. The number of nitrogens with one attached hydrogen (secondary N) is 2. The van der Waals surface area contributed by atoms with E-state index in [0.717, 1.165) is 29.9 Å². The van der Waals surface area contributed by atoms with Gasteiger partial charge in [0.1, 0.15) is 0 Å². The average Bonchev–Trinajstić information content (AvgIpc) is 2.59. The van der Waals surface area contributed by atoms with Gasteiger partial charge in [-0.05, 0) is 36.7 Å². The predicted octanol–water partition coefficient (Wildman–Crippen LogP) is 3.51. The number of ether oxygens (including phenoxy) is 1. The van der Waals surface area contributed by atoms with E-state index in [1.165, 1.54) is 0 Å². The number of anilines is 1. The van der Waals surface area contributed by atoms with Gasteiger partial charge in [-0.25, -0.2) is 0 Å². The summed E-state index contributed by atoms with van der Waals surface area (Å²) in [5, 5.41) is 6.23. The maximum Gasteiger partial charge on any atom is 0.258 e. The van der Waals surface area contributed by atoms with Crippen molar-refractivity contribution in [2.24, 2.45) is 0 Å². The molecule has 2 aromatic rings. The highest BCUT2D eigenvalue weighted by Crippen LogP contribution is 2.20. The van der Waals surface area contributed by atoms with Gasteiger partial charge in [0.25, 0.3) is 5.91 Å². The normalized spacial score (nSPS) is 11.9. The molecule has 122 valence electrons. The molecule has 0 aliphatic heterocycles. The lowest BCUT2D eigenvalue weighted by molar-refractivity contribution is -0.127. The van der Waals surface area contributed by atoms with Gasteiger partial charge in [-0.2, -0.15) is 0 Å². The first kappa shape index (κ1) is 17.2. The van der Waals surface area contributed by atoms with Crippen LogP contribution in [0, 0.1) is 0 Å². The van der Waals surface area contributed by atoms with Crippen molar-refractivity contribution in [3.05, 3.63) is 65.7 Å². The zero-order valence-corrected chi connectivity index (χ0v) is 13.7. The molecule has 0 aromatic heterocycles. The Morgan fingerprint density at radius 1 is 1.09 bits per heavy atom. The molecule has 2 rings (SSSR count). The fourth-order valence-corrected chi connectivity index (χ4v) is 2.35. The van der Waals surface area contributed by atoms with Crippen LogP contribution in [0.15, 0.2) is 54.6 Å². The number of benzene rings is 2. The van der Waals surface area contributed by atoms with Crippen LogP contribution in [0.4, 0.5) is 5.69 Å². The maximum absolute atomic E-state index is 12.6. The second-order valence-corrected chi connectivity index (χ2v) is 5.22. The summed E-state index contributed by atoms with van der Waals surface area (Å²) >= 11 is 0. The molecular weight excluding hydrogens is 288 g/mol. The zero-order valence-electron chi connectivity index (χ0n) is 13.7. The Bertz CT molecular complexity index is 614. The van der Waals surface area contributed by atoms with Crippen molar-refractivity contribution in [2.45, 2.75) is 26.5 Å². The molecule has 0 bridgehead atoms. The third-order valence-electron chi connectivity index (χ3n) is 3.45. The Hall–Kier alpha value is -2.17. The van der Waals surface area contributed by atoms with E-state index in [2.05, 4.69) is 17.6 Å². The lowest BCUT2D eigenvalue weighted by Crippen LogP contribution is -2.23. The number of amides is 1. The largest absolute Gasteiger partial charge is 0.364 e. The Kier molecular flexibility index (Phi) is 6.78. The second kappa shape index (κ2) is 9.08. The zero-order chi connectivity index (χ0) is 16.5. The quantitative estimate of drug-likeness (QED) is 0.784. The van der Waals surface area contributed by atoms with Crippen LogP contribution in [0.25, 0.3) is 0 Å². The van der Waals surface area contributed by atoms with Crippen molar-refractivity contribution in [1.29, 1.82) is 0 Å². The molecule has 0 fully saturated rings. The smallest absolute Gasteiger partial charge is 0.258 e. The molecule has 2 aromatic carbocycles. The molecule has 0 spiro atoms. The van der Waals surface area contributed by atoms with Crippen molar-refractivity contribution in [3.63, 3.8) is 0 Å². The van der Waals surface area contributed by atoms with Gasteiger partial charge in [0, 0.05) is 18.8 Å². The molecule has 0 radical (unpaired) electrons. The monoisotopic (exact) mass is 312 g/mol. The Morgan fingerprint density at radius 3 is 2.57 bits per heavy atom. The summed E-state index contributed by atoms with van der Waals surface area (Å²) in [6.45, 7) is 6.14. The number of carbonyl (C=O) groups excluding carboxylic acids is 1. The van der Waals surface area contributed by atoms with Crippen LogP contribution in [0.3, 0.4) is 0 Å². The molecule has 0 aliphatic carbocycles. The van der Waals surface area contributed by atoms with Gasteiger partial charge in [0.15, 0.2) is 6.10 Å². The molecule has 0 saturated carbocycles. The molecule has 4 nitrogen and oxygen atoms in total. The van der Waals surface area contributed by atoms with Crippen LogP contribution in [0.1, 0.15) is 31.1 Å². The SMILES string of the molecule is CCNCc1cccc(NC(=O)C(OCC)c2ccccc2)c1. The van der Waals surface area contributed by atoms with Crippen LogP contribution in [-0.4, -0.2) is 19.1 Å². The molecule has 1 unspecified atom stereocenters. The minimum Gasteiger partial charge on any atom is -0.364 e. The molecule has 1 atom stereocenters. The first-order valence-electron chi connectivity index (χ1n) is 8.01. The van der Waals surface area contributed by atoms with Crippen LogP contribution in [0.5, 0.6) is 0 Å². The van der Waals surface area contributed by atoms with E-state index in [1.807, 2.05) is 61.5 Å². The van der Waals surface area contributed by atoms with E-state index in [0.29, 0.717) is 6.61 Å².